The van der Waals surface area contributed by atoms with Gasteiger partial charge in [-0.15, -0.1) is 0 Å². The number of benzene rings is 1. The Balaban J connectivity index is 1.75. The third-order valence-electron chi connectivity index (χ3n) is 5.40. The number of hydrogen-bond donors (Lipinski definition) is 3. The van der Waals surface area contributed by atoms with E-state index < -0.39 is 12.1 Å². The Morgan fingerprint density at radius 3 is 2.65 bits per heavy atom. The van der Waals surface area contributed by atoms with Gasteiger partial charge in [0.15, 0.2) is 0 Å². The standard InChI is InChI=1S/C21H30N6O4/c1-31-16-8-6-7-15(13-16)23-21(25-20(22)30)24-17-9-2-3-12-27(19(17)29)14-18(28)26-10-4-5-11-26/h6-8,13,17H,2-5,9-12,14H2,1H3,(H4,22,23,24,25,30)/t17-/m0/s1. The van der Waals surface area contributed by atoms with Gasteiger partial charge in [-0.2, -0.15) is 0 Å². The van der Waals surface area contributed by atoms with E-state index >= 15 is 0 Å². The fraction of sp³-hybridized carbons (Fsp3) is 0.524. The molecule has 2 heterocycles. The van der Waals surface area contributed by atoms with Gasteiger partial charge < -0.3 is 25.6 Å². The molecule has 0 aliphatic carbocycles. The molecule has 0 aromatic heterocycles. The number of urea groups is 1. The first-order valence-electron chi connectivity index (χ1n) is 10.6. The van der Waals surface area contributed by atoms with Crippen molar-refractivity contribution in [3.63, 3.8) is 0 Å². The predicted octanol–water partition coefficient (Wildman–Crippen LogP) is 1.13. The summed E-state index contributed by atoms with van der Waals surface area (Å²) < 4.78 is 5.21. The summed E-state index contributed by atoms with van der Waals surface area (Å²) in [5.74, 6) is 0.453. The molecule has 168 valence electrons. The summed E-state index contributed by atoms with van der Waals surface area (Å²) in [4.78, 5) is 45.0. The normalized spacial score (nSPS) is 19.7. The fourth-order valence-corrected chi connectivity index (χ4v) is 3.80. The molecule has 1 aromatic carbocycles. The lowest BCUT2D eigenvalue weighted by Crippen LogP contribution is -2.46. The van der Waals surface area contributed by atoms with Crippen LogP contribution in [0.1, 0.15) is 32.1 Å². The maximum Gasteiger partial charge on any atom is 0.318 e. The van der Waals surface area contributed by atoms with E-state index in [0.717, 1.165) is 38.8 Å². The molecule has 10 heteroatoms. The SMILES string of the molecule is COc1cccc(NC(=N[C@H]2CCCCN(CC(=O)N3CCCC3)C2=O)NC(N)=O)c1. The van der Waals surface area contributed by atoms with E-state index in [1.165, 1.54) is 0 Å². The Morgan fingerprint density at radius 2 is 1.94 bits per heavy atom. The number of methoxy groups -OCH3 is 1. The molecule has 1 atom stereocenters. The van der Waals surface area contributed by atoms with E-state index in [2.05, 4.69) is 15.6 Å². The number of amides is 4. The summed E-state index contributed by atoms with van der Waals surface area (Å²) in [6.45, 7) is 2.08. The lowest BCUT2D eigenvalue weighted by molar-refractivity contribution is -0.140. The van der Waals surface area contributed by atoms with Crippen LogP contribution in [0, 0.1) is 0 Å². The van der Waals surface area contributed by atoms with Crippen LogP contribution in [0.2, 0.25) is 0 Å². The number of nitrogens with one attached hydrogen (secondary N) is 2. The van der Waals surface area contributed by atoms with Gasteiger partial charge in [0.1, 0.15) is 11.8 Å². The second kappa shape index (κ2) is 10.6. The van der Waals surface area contributed by atoms with Gasteiger partial charge in [-0.1, -0.05) is 6.07 Å². The van der Waals surface area contributed by atoms with Gasteiger partial charge in [0.25, 0.3) is 0 Å². The van der Waals surface area contributed by atoms with Crippen molar-refractivity contribution in [1.29, 1.82) is 0 Å². The minimum absolute atomic E-state index is 0.0273. The third-order valence-corrected chi connectivity index (χ3v) is 5.40. The summed E-state index contributed by atoms with van der Waals surface area (Å²) in [6.07, 6.45) is 4.12. The lowest BCUT2D eigenvalue weighted by atomic mass is 10.1. The monoisotopic (exact) mass is 430 g/mol. The Hall–Kier alpha value is -3.30. The highest BCUT2D eigenvalue weighted by Gasteiger charge is 2.30. The molecule has 2 aliphatic heterocycles. The highest BCUT2D eigenvalue weighted by Crippen LogP contribution is 2.19. The number of ether oxygens (including phenoxy) is 1. The number of anilines is 1. The third kappa shape index (κ3) is 6.34. The van der Waals surface area contributed by atoms with Crippen LogP contribution in [0.5, 0.6) is 5.75 Å². The quantitative estimate of drug-likeness (QED) is 0.476. The minimum Gasteiger partial charge on any atom is -0.497 e. The first-order chi connectivity index (χ1) is 15.0. The van der Waals surface area contributed by atoms with Crippen molar-refractivity contribution in [2.45, 2.75) is 38.1 Å². The molecule has 4 amide bonds. The number of carbonyl (C=O) groups excluding carboxylic acids is 3. The number of nitrogens with two attached hydrogens (primary N) is 1. The highest BCUT2D eigenvalue weighted by atomic mass is 16.5. The summed E-state index contributed by atoms with van der Waals surface area (Å²) >= 11 is 0. The molecule has 2 fully saturated rings. The van der Waals surface area contributed by atoms with E-state index in [9.17, 15) is 14.4 Å². The molecular formula is C21H30N6O4. The maximum absolute atomic E-state index is 13.1. The number of likely N-dealkylation sites (tertiary alicyclic amines) is 2. The second-order valence-electron chi connectivity index (χ2n) is 7.68. The van der Waals surface area contributed by atoms with Gasteiger partial charge in [0, 0.05) is 31.4 Å². The van der Waals surface area contributed by atoms with Crippen LogP contribution in [0.4, 0.5) is 10.5 Å². The summed E-state index contributed by atoms with van der Waals surface area (Å²) in [6, 6.07) is 5.56. The molecular weight excluding hydrogens is 400 g/mol. The van der Waals surface area contributed by atoms with Crippen molar-refractivity contribution < 1.29 is 19.1 Å². The average molecular weight is 431 g/mol. The van der Waals surface area contributed by atoms with Crippen LogP contribution < -0.4 is 21.1 Å². The van der Waals surface area contributed by atoms with E-state index in [0.29, 0.717) is 24.4 Å². The van der Waals surface area contributed by atoms with Crippen LogP contribution in [-0.4, -0.2) is 72.9 Å². The molecule has 10 nitrogen and oxygen atoms in total. The number of primary amides is 1. The topological polar surface area (TPSA) is 129 Å². The van der Waals surface area contributed by atoms with E-state index in [-0.39, 0.29) is 24.3 Å². The number of carbonyl (C=O) groups is 3. The molecule has 3 rings (SSSR count). The molecule has 0 unspecified atom stereocenters. The number of hydrogen-bond acceptors (Lipinski definition) is 5. The maximum atomic E-state index is 13.1. The van der Waals surface area contributed by atoms with Gasteiger partial charge in [-0.05, 0) is 44.2 Å². The Morgan fingerprint density at radius 1 is 1.19 bits per heavy atom. The van der Waals surface area contributed by atoms with Gasteiger partial charge in [-0.3, -0.25) is 14.9 Å². The Kier molecular flexibility index (Phi) is 7.69. The lowest BCUT2D eigenvalue weighted by Gasteiger charge is -2.25. The van der Waals surface area contributed by atoms with Crippen molar-refractivity contribution in [3.8, 4) is 5.75 Å². The van der Waals surface area contributed by atoms with Crippen LogP contribution in [0.3, 0.4) is 0 Å². The molecule has 1 aromatic rings. The Bertz CT molecular complexity index is 837. The fourth-order valence-electron chi connectivity index (χ4n) is 3.80. The van der Waals surface area contributed by atoms with Crippen molar-refractivity contribution in [1.82, 2.24) is 15.1 Å². The van der Waals surface area contributed by atoms with Crippen molar-refractivity contribution in [2.75, 3.05) is 38.6 Å². The van der Waals surface area contributed by atoms with Crippen molar-refractivity contribution in [2.24, 2.45) is 10.7 Å². The number of guanidine groups is 1. The zero-order valence-electron chi connectivity index (χ0n) is 17.8. The Labute approximate surface area is 181 Å². The van der Waals surface area contributed by atoms with Gasteiger partial charge in [0.2, 0.25) is 17.8 Å². The van der Waals surface area contributed by atoms with Gasteiger partial charge >= 0.3 is 6.03 Å². The molecule has 2 saturated heterocycles. The van der Waals surface area contributed by atoms with Crippen molar-refractivity contribution in [3.05, 3.63) is 24.3 Å². The molecule has 0 spiro atoms. The summed E-state index contributed by atoms with van der Waals surface area (Å²) in [7, 11) is 1.55. The number of aliphatic imine (C=N–C) groups is 1. The van der Waals surface area contributed by atoms with Crippen LogP contribution in [0.15, 0.2) is 29.3 Å². The second-order valence-corrected chi connectivity index (χ2v) is 7.68. The predicted molar refractivity (Wildman–Crippen MR) is 117 cm³/mol. The largest absolute Gasteiger partial charge is 0.497 e. The number of rotatable bonds is 5. The van der Waals surface area contributed by atoms with Gasteiger partial charge in [0.05, 0.1) is 13.7 Å². The van der Waals surface area contributed by atoms with Crippen LogP contribution >= 0.6 is 0 Å². The zero-order valence-corrected chi connectivity index (χ0v) is 17.8. The molecule has 0 bridgehead atoms. The highest BCUT2D eigenvalue weighted by molar-refractivity contribution is 6.04. The van der Waals surface area contributed by atoms with E-state index in [4.69, 9.17) is 10.5 Å². The summed E-state index contributed by atoms with van der Waals surface area (Å²) in [5.41, 5.74) is 5.92. The average Bonchev–Trinajstić information content (AvgIpc) is 3.23. The first-order valence-corrected chi connectivity index (χ1v) is 10.6. The van der Waals surface area contributed by atoms with Crippen LogP contribution in [0.25, 0.3) is 0 Å². The van der Waals surface area contributed by atoms with E-state index in [1.54, 1.807) is 41.2 Å². The molecule has 2 aliphatic rings. The molecule has 0 saturated carbocycles. The van der Waals surface area contributed by atoms with E-state index in [1.807, 2.05) is 0 Å². The number of nitrogens with zero attached hydrogens (tertiary/aromatic N) is 3. The first kappa shape index (κ1) is 22.4. The van der Waals surface area contributed by atoms with Crippen LogP contribution in [-0.2, 0) is 9.59 Å². The zero-order chi connectivity index (χ0) is 22.2. The summed E-state index contributed by atoms with van der Waals surface area (Å²) in [5, 5.41) is 5.43. The van der Waals surface area contributed by atoms with Gasteiger partial charge in [-0.25, -0.2) is 9.79 Å². The van der Waals surface area contributed by atoms with Crippen molar-refractivity contribution >= 4 is 29.5 Å². The molecule has 4 N–H and O–H groups in total. The molecule has 31 heavy (non-hydrogen) atoms. The smallest absolute Gasteiger partial charge is 0.318 e. The minimum atomic E-state index is -0.795. The molecule has 0 radical (unpaired) electrons.